The lowest BCUT2D eigenvalue weighted by Gasteiger charge is -2.28. The lowest BCUT2D eigenvalue weighted by atomic mass is 9.95. The number of nitrogen functional groups attached to an aromatic ring is 1. The van der Waals surface area contributed by atoms with Gasteiger partial charge < -0.3 is 19.9 Å². The minimum absolute atomic E-state index is 0.0519. The molecule has 1 saturated carbocycles. The van der Waals surface area contributed by atoms with E-state index >= 15 is 0 Å². The molecule has 0 bridgehead atoms. The van der Waals surface area contributed by atoms with Crippen molar-refractivity contribution in [3.63, 3.8) is 0 Å². The number of nitrogens with two attached hydrogens (primary N) is 1. The molecule has 1 aliphatic carbocycles. The van der Waals surface area contributed by atoms with E-state index in [1.165, 1.54) is 0 Å². The number of hydrogen-bond donors (Lipinski definition) is 2. The lowest BCUT2D eigenvalue weighted by molar-refractivity contribution is -0.0367. The van der Waals surface area contributed by atoms with Gasteiger partial charge in [0.25, 0.3) is 0 Å². The predicted octanol–water partition coefficient (Wildman–Crippen LogP) is 2.45. The molecule has 2 atom stereocenters. The molecule has 0 aliphatic heterocycles. The Balaban J connectivity index is 2.01. The largest absolute Gasteiger partial charge is 0.496 e. The highest BCUT2D eigenvalue weighted by molar-refractivity contribution is 5.95. The molecule has 1 aromatic rings. The minimum Gasteiger partial charge on any atom is -0.496 e. The van der Waals surface area contributed by atoms with Gasteiger partial charge in [-0.25, -0.2) is 0 Å². The Hall–Kier alpha value is -1.59. The van der Waals surface area contributed by atoms with Crippen LogP contribution in [0, 0.1) is 5.41 Å². The molecule has 1 aromatic carbocycles. The topological polar surface area (TPSA) is 77.6 Å². The van der Waals surface area contributed by atoms with Crippen LogP contribution in [-0.2, 0) is 16.1 Å². The Kier molecular flexibility index (Phi) is 5.59. The number of methoxy groups -OCH3 is 2. The lowest BCUT2D eigenvalue weighted by Crippen LogP contribution is -2.27. The zero-order valence-electron chi connectivity index (χ0n) is 12.7. The maximum atomic E-state index is 7.52. The fraction of sp³-hybridized carbons (Fsp3) is 0.562. The van der Waals surface area contributed by atoms with Gasteiger partial charge in [0.2, 0.25) is 0 Å². The molecule has 5 heteroatoms. The first-order valence-corrected chi connectivity index (χ1v) is 7.29. The fourth-order valence-corrected chi connectivity index (χ4v) is 2.73. The van der Waals surface area contributed by atoms with Crippen LogP contribution >= 0.6 is 0 Å². The Morgan fingerprint density at radius 1 is 1.29 bits per heavy atom. The van der Waals surface area contributed by atoms with E-state index in [1.807, 2.05) is 12.1 Å². The van der Waals surface area contributed by atoms with Gasteiger partial charge in [0, 0.05) is 18.2 Å². The number of hydrogen-bond acceptors (Lipinski definition) is 4. The fourth-order valence-electron chi connectivity index (χ4n) is 2.73. The molecule has 0 saturated heterocycles. The van der Waals surface area contributed by atoms with Crippen molar-refractivity contribution < 1.29 is 14.2 Å². The van der Waals surface area contributed by atoms with E-state index in [2.05, 4.69) is 0 Å². The van der Waals surface area contributed by atoms with E-state index < -0.39 is 0 Å². The van der Waals surface area contributed by atoms with Crippen molar-refractivity contribution in [3.8, 4) is 5.75 Å². The summed E-state index contributed by atoms with van der Waals surface area (Å²) in [6, 6.07) is 5.47. The van der Waals surface area contributed by atoms with Gasteiger partial charge in [-0.2, -0.15) is 0 Å². The first-order valence-electron chi connectivity index (χ1n) is 7.29. The zero-order valence-corrected chi connectivity index (χ0v) is 12.7. The molecule has 1 fully saturated rings. The number of amidine groups is 1. The minimum atomic E-state index is 0.0519. The van der Waals surface area contributed by atoms with E-state index in [9.17, 15) is 0 Å². The Morgan fingerprint density at radius 2 is 2.05 bits per heavy atom. The van der Waals surface area contributed by atoms with Gasteiger partial charge in [0.15, 0.2) is 0 Å². The van der Waals surface area contributed by atoms with Crippen molar-refractivity contribution in [3.05, 3.63) is 29.3 Å². The summed E-state index contributed by atoms with van der Waals surface area (Å²) in [6.07, 6.45) is 4.76. The molecule has 0 radical (unpaired) electrons. The first-order chi connectivity index (χ1) is 10.1. The highest BCUT2D eigenvalue weighted by Crippen LogP contribution is 2.26. The van der Waals surface area contributed by atoms with Crippen LogP contribution in [0.3, 0.4) is 0 Å². The second-order valence-electron chi connectivity index (χ2n) is 5.40. The van der Waals surface area contributed by atoms with Gasteiger partial charge in [-0.1, -0.05) is 0 Å². The van der Waals surface area contributed by atoms with Crippen LogP contribution in [0.2, 0.25) is 0 Å². The van der Waals surface area contributed by atoms with Crippen LogP contribution < -0.4 is 10.5 Å². The summed E-state index contributed by atoms with van der Waals surface area (Å²) in [4.78, 5) is 0. The van der Waals surface area contributed by atoms with Crippen molar-refractivity contribution in [1.29, 1.82) is 5.41 Å². The molecule has 21 heavy (non-hydrogen) atoms. The Bertz CT molecular complexity index is 490. The third-order valence-electron chi connectivity index (χ3n) is 3.98. The summed E-state index contributed by atoms with van der Waals surface area (Å²) in [5.41, 5.74) is 7.14. The average molecular weight is 292 g/mol. The summed E-state index contributed by atoms with van der Waals surface area (Å²) in [5.74, 6) is 0.815. The maximum absolute atomic E-state index is 7.52. The summed E-state index contributed by atoms with van der Waals surface area (Å²) >= 11 is 0. The van der Waals surface area contributed by atoms with Gasteiger partial charge in [0.05, 0.1) is 25.9 Å². The molecule has 0 heterocycles. The van der Waals surface area contributed by atoms with Crippen molar-refractivity contribution in [2.24, 2.45) is 5.73 Å². The van der Waals surface area contributed by atoms with Gasteiger partial charge in [-0.3, -0.25) is 5.41 Å². The van der Waals surface area contributed by atoms with E-state index in [0.717, 1.165) is 37.0 Å². The Labute approximate surface area is 125 Å². The normalized spacial score (nSPS) is 22.0. The van der Waals surface area contributed by atoms with Crippen molar-refractivity contribution in [1.82, 2.24) is 0 Å². The molecule has 2 rings (SSSR count). The molecule has 116 valence electrons. The number of ether oxygens (including phenoxy) is 3. The summed E-state index contributed by atoms with van der Waals surface area (Å²) in [7, 11) is 3.39. The van der Waals surface area contributed by atoms with E-state index in [1.54, 1.807) is 20.3 Å². The quantitative estimate of drug-likeness (QED) is 0.623. The number of rotatable bonds is 6. The smallest absolute Gasteiger partial charge is 0.124 e. The summed E-state index contributed by atoms with van der Waals surface area (Å²) in [6.45, 7) is 0.464. The highest BCUT2D eigenvalue weighted by Gasteiger charge is 2.22. The van der Waals surface area contributed by atoms with Crippen LogP contribution in [0.15, 0.2) is 18.2 Å². The molecule has 2 unspecified atom stereocenters. The van der Waals surface area contributed by atoms with Crippen molar-refractivity contribution in [2.75, 3.05) is 14.2 Å². The van der Waals surface area contributed by atoms with Crippen molar-refractivity contribution >= 4 is 5.84 Å². The van der Waals surface area contributed by atoms with Crippen LogP contribution in [0.4, 0.5) is 0 Å². The zero-order chi connectivity index (χ0) is 15.2. The van der Waals surface area contributed by atoms with Crippen LogP contribution in [0.25, 0.3) is 0 Å². The third-order valence-corrected chi connectivity index (χ3v) is 3.98. The standard InChI is InChI=1S/C16H24N2O3/c1-19-13-4-3-5-14(9-13)21-10-12-8-11(16(17)18)6-7-15(12)20-2/h6-8,13-14H,3-5,9-10H2,1-2H3,(H3,17,18). The number of nitrogens with one attached hydrogen (secondary N) is 1. The summed E-state index contributed by atoms with van der Waals surface area (Å²) in [5, 5.41) is 7.52. The van der Waals surface area contributed by atoms with Gasteiger partial charge in [-0.15, -0.1) is 0 Å². The van der Waals surface area contributed by atoms with Gasteiger partial charge in [0.1, 0.15) is 11.6 Å². The molecule has 5 nitrogen and oxygen atoms in total. The first kappa shape index (κ1) is 15.8. The molecule has 0 amide bonds. The summed E-state index contributed by atoms with van der Waals surface area (Å²) < 4.78 is 16.8. The predicted molar refractivity (Wildman–Crippen MR) is 81.9 cm³/mol. The maximum Gasteiger partial charge on any atom is 0.124 e. The van der Waals surface area contributed by atoms with Crippen LogP contribution in [0.5, 0.6) is 5.75 Å². The third kappa shape index (κ3) is 4.19. The van der Waals surface area contributed by atoms with E-state index in [-0.39, 0.29) is 11.9 Å². The molecular weight excluding hydrogens is 268 g/mol. The van der Waals surface area contributed by atoms with Gasteiger partial charge >= 0.3 is 0 Å². The number of benzene rings is 1. The molecule has 3 N–H and O–H groups in total. The van der Waals surface area contributed by atoms with Gasteiger partial charge in [-0.05, 0) is 43.9 Å². The Morgan fingerprint density at radius 3 is 2.71 bits per heavy atom. The monoisotopic (exact) mass is 292 g/mol. The van der Waals surface area contributed by atoms with Crippen LogP contribution in [0.1, 0.15) is 36.8 Å². The SMILES string of the molecule is COc1ccc(C(=N)N)cc1COC1CCCC(OC)C1. The molecule has 1 aliphatic rings. The highest BCUT2D eigenvalue weighted by atomic mass is 16.5. The van der Waals surface area contributed by atoms with E-state index in [4.69, 9.17) is 25.4 Å². The van der Waals surface area contributed by atoms with Crippen molar-refractivity contribution in [2.45, 2.75) is 44.5 Å². The average Bonchev–Trinajstić information content (AvgIpc) is 2.52. The molecule has 0 spiro atoms. The second kappa shape index (κ2) is 7.43. The molecular formula is C16H24N2O3. The van der Waals surface area contributed by atoms with Crippen LogP contribution in [-0.4, -0.2) is 32.3 Å². The second-order valence-corrected chi connectivity index (χ2v) is 5.40. The van der Waals surface area contributed by atoms with E-state index in [0.29, 0.717) is 18.3 Å². The molecule has 0 aromatic heterocycles.